The van der Waals surface area contributed by atoms with Gasteiger partial charge in [0.1, 0.15) is 11.7 Å². The molecule has 0 spiro atoms. The fourth-order valence-corrected chi connectivity index (χ4v) is 3.21. The lowest BCUT2D eigenvalue weighted by molar-refractivity contribution is 0.0982. The highest BCUT2D eigenvalue weighted by molar-refractivity contribution is 7.12. The Morgan fingerprint density at radius 2 is 2.25 bits per heavy atom. The molecule has 0 aliphatic rings. The quantitative estimate of drug-likeness (QED) is 0.775. The van der Waals surface area contributed by atoms with Crippen molar-refractivity contribution in [2.24, 2.45) is 0 Å². The Hall–Kier alpha value is -1.70. The van der Waals surface area contributed by atoms with E-state index in [1.165, 1.54) is 23.5 Å². The molecule has 1 unspecified atom stereocenters. The van der Waals surface area contributed by atoms with Crippen molar-refractivity contribution in [1.82, 2.24) is 0 Å². The first-order valence-corrected chi connectivity index (χ1v) is 7.29. The number of hydrogen-bond acceptors (Lipinski definition) is 3. The smallest absolute Gasteiger partial charge is 0.194 e. The summed E-state index contributed by atoms with van der Waals surface area (Å²) in [6, 6.07) is 7.55. The van der Waals surface area contributed by atoms with Gasteiger partial charge in [-0.2, -0.15) is 5.26 Å². The van der Waals surface area contributed by atoms with Crippen molar-refractivity contribution in [3.63, 3.8) is 0 Å². The number of Topliss-reactive ketones (excluding diaryl/α,β-unsaturated/α-hetero) is 1. The number of rotatable bonds is 4. The second-order valence-corrected chi connectivity index (χ2v) is 5.54. The molecule has 0 amide bonds. The van der Waals surface area contributed by atoms with Gasteiger partial charge in [0.15, 0.2) is 5.78 Å². The molecule has 0 bridgehead atoms. The fourth-order valence-electron chi connectivity index (χ4n) is 1.97. The summed E-state index contributed by atoms with van der Waals surface area (Å²) >= 11 is 7.25. The van der Waals surface area contributed by atoms with Crippen LogP contribution in [0.5, 0.6) is 0 Å². The molecular weight excluding hydrogens is 297 g/mol. The maximum atomic E-state index is 13.1. The van der Waals surface area contributed by atoms with Gasteiger partial charge in [0.2, 0.25) is 0 Å². The number of benzene rings is 1. The predicted octanol–water partition coefficient (Wildman–Crippen LogP) is 4.59. The van der Waals surface area contributed by atoms with E-state index in [9.17, 15) is 14.4 Å². The number of hydrogen-bond donors (Lipinski definition) is 0. The van der Waals surface area contributed by atoms with Gasteiger partial charge in [-0.05, 0) is 41.1 Å². The first kappa shape index (κ1) is 14.7. The summed E-state index contributed by atoms with van der Waals surface area (Å²) < 4.78 is 13.1. The van der Waals surface area contributed by atoms with Crippen LogP contribution in [0.25, 0.3) is 0 Å². The molecule has 1 heterocycles. The number of nitrogens with zero attached hydrogens (tertiary/aromatic N) is 1. The molecule has 2 aromatic rings. The van der Waals surface area contributed by atoms with Gasteiger partial charge in [0, 0.05) is 5.02 Å². The summed E-state index contributed by atoms with van der Waals surface area (Å²) in [7, 11) is 0. The first-order valence-electron chi connectivity index (χ1n) is 6.03. The van der Waals surface area contributed by atoms with Crippen molar-refractivity contribution in [3.8, 4) is 6.07 Å². The van der Waals surface area contributed by atoms with Gasteiger partial charge < -0.3 is 0 Å². The number of halogens is 2. The maximum absolute atomic E-state index is 13.1. The van der Waals surface area contributed by atoms with E-state index in [-0.39, 0.29) is 10.8 Å². The van der Waals surface area contributed by atoms with Crippen LogP contribution in [0.3, 0.4) is 0 Å². The highest BCUT2D eigenvalue weighted by atomic mass is 35.5. The molecule has 0 aliphatic carbocycles. The zero-order valence-electron chi connectivity index (χ0n) is 10.7. The zero-order valence-corrected chi connectivity index (χ0v) is 12.3. The van der Waals surface area contributed by atoms with Crippen molar-refractivity contribution < 1.29 is 9.18 Å². The number of aryl methyl sites for hydroxylation is 1. The molecule has 2 rings (SSSR count). The predicted molar refractivity (Wildman–Crippen MR) is 77.8 cm³/mol. The van der Waals surface area contributed by atoms with Crippen LogP contribution in [-0.4, -0.2) is 5.78 Å². The average Bonchev–Trinajstić information content (AvgIpc) is 2.90. The highest BCUT2D eigenvalue weighted by Gasteiger charge is 2.26. The van der Waals surface area contributed by atoms with Crippen LogP contribution in [0.4, 0.5) is 4.39 Å². The topological polar surface area (TPSA) is 40.9 Å². The van der Waals surface area contributed by atoms with Crippen LogP contribution in [0.2, 0.25) is 5.02 Å². The van der Waals surface area contributed by atoms with Crippen molar-refractivity contribution in [2.75, 3.05) is 0 Å². The van der Waals surface area contributed by atoms with Crippen LogP contribution in [0.15, 0.2) is 29.6 Å². The number of carbonyl (C=O) groups is 1. The maximum Gasteiger partial charge on any atom is 0.194 e. The second kappa shape index (κ2) is 6.17. The number of carbonyl (C=O) groups excluding carboxylic acids is 1. The monoisotopic (exact) mass is 307 g/mol. The summed E-state index contributed by atoms with van der Waals surface area (Å²) in [6.45, 7) is 1.95. The van der Waals surface area contributed by atoms with E-state index in [4.69, 9.17) is 11.6 Å². The van der Waals surface area contributed by atoms with E-state index in [0.29, 0.717) is 10.4 Å². The summed E-state index contributed by atoms with van der Waals surface area (Å²) in [5.74, 6) is -1.78. The van der Waals surface area contributed by atoms with Gasteiger partial charge in [-0.25, -0.2) is 4.39 Å². The molecule has 0 aliphatic heterocycles. The third-order valence-electron chi connectivity index (χ3n) is 3.02. The molecule has 0 saturated heterocycles. The Kier molecular flexibility index (Phi) is 4.53. The van der Waals surface area contributed by atoms with Crippen molar-refractivity contribution in [1.29, 1.82) is 5.26 Å². The van der Waals surface area contributed by atoms with Crippen LogP contribution in [-0.2, 0) is 6.42 Å². The van der Waals surface area contributed by atoms with E-state index in [1.54, 1.807) is 0 Å². The van der Waals surface area contributed by atoms with Crippen molar-refractivity contribution in [2.45, 2.75) is 19.3 Å². The molecule has 2 nitrogen and oxygen atoms in total. The Balaban J connectivity index is 2.43. The lowest BCUT2D eigenvalue weighted by Gasteiger charge is -2.10. The van der Waals surface area contributed by atoms with E-state index in [1.807, 2.05) is 24.4 Å². The number of thiophene rings is 1. The molecule has 1 atom stereocenters. The minimum atomic E-state index is -1.01. The molecule has 5 heteroatoms. The number of ketones is 1. The van der Waals surface area contributed by atoms with E-state index >= 15 is 0 Å². The van der Waals surface area contributed by atoms with Gasteiger partial charge in [0.25, 0.3) is 0 Å². The minimum absolute atomic E-state index is 0.0968. The Morgan fingerprint density at radius 1 is 1.50 bits per heavy atom. The second-order valence-electron chi connectivity index (χ2n) is 4.22. The van der Waals surface area contributed by atoms with E-state index in [0.717, 1.165) is 18.1 Å². The van der Waals surface area contributed by atoms with Gasteiger partial charge in [-0.15, -0.1) is 11.3 Å². The third kappa shape index (κ3) is 2.74. The summed E-state index contributed by atoms with van der Waals surface area (Å²) in [5.41, 5.74) is 1.26. The van der Waals surface area contributed by atoms with Crippen LogP contribution >= 0.6 is 22.9 Å². The van der Waals surface area contributed by atoms with Crippen LogP contribution in [0.1, 0.15) is 33.6 Å². The minimum Gasteiger partial charge on any atom is -0.291 e. The lowest BCUT2D eigenvalue weighted by atomic mass is 9.93. The molecule has 102 valence electrons. The highest BCUT2D eigenvalue weighted by Crippen LogP contribution is 2.30. The van der Waals surface area contributed by atoms with Crippen LogP contribution in [0, 0.1) is 17.1 Å². The van der Waals surface area contributed by atoms with Gasteiger partial charge >= 0.3 is 0 Å². The SMILES string of the molecule is CCc1ccsc1C(=O)C(C#N)c1ccc(F)cc1Cl. The molecule has 0 fully saturated rings. The van der Waals surface area contributed by atoms with E-state index < -0.39 is 11.7 Å². The Labute approximate surface area is 125 Å². The van der Waals surface area contributed by atoms with Gasteiger partial charge in [-0.3, -0.25) is 4.79 Å². The molecular formula is C15H11ClFNOS. The molecule has 0 N–H and O–H groups in total. The van der Waals surface area contributed by atoms with Crippen molar-refractivity contribution >= 4 is 28.7 Å². The van der Waals surface area contributed by atoms with Crippen molar-refractivity contribution in [3.05, 3.63) is 56.5 Å². The zero-order chi connectivity index (χ0) is 14.7. The molecule has 1 aromatic carbocycles. The Morgan fingerprint density at radius 3 is 2.85 bits per heavy atom. The van der Waals surface area contributed by atoms with Gasteiger partial charge in [-0.1, -0.05) is 24.6 Å². The largest absolute Gasteiger partial charge is 0.291 e. The van der Waals surface area contributed by atoms with Crippen LogP contribution < -0.4 is 0 Å². The third-order valence-corrected chi connectivity index (χ3v) is 4.31. The average molecular weight is 308 g/mol. The normalized spacial score (nSPS) is 11.9. The Bertz CT molecular complexity index is 689. The fraction of sp³-hybridized carbons (Fsp3) is 0.200. The first-order chi connectivity index (χ1) is 9.58. The summed E-state index contributed by atoms with van der Waals surface area (Å²) in [6.07, 6.45) is 0.722. The van der Waals surface area contributed by atoms with E-state index in [2.05, 4.69) is 0 Å². The number of nitriles is 1. The standard InChI is InChI=1S/C15H11ClFNOS/c1-2-9-5-6-20-15(9)14(19)12(8-18)11-4-3-10(17)7-13(11)16/h3-7,12H,2H2,1H3. The lowest BCUT2D eigenvalue weighted by Crippen LogP contribution is -2.12. The summed E-state index contributed by atoms with van der Waals surface area (Å²) in [5, 5.41) is 11.2. The molecule has 1 aromatic heterocycles. The molecule has 0 radical (unpaired) electrons. The van der Waals surface area contributed by atoms with Gasteiger partial charge in [0.05, 0.1) is 10.9 Å². The molecule has 20 heavy (non-hydrogen) atoms. The summed E-state index contributed by atoms with van der Waals surface area (Å²) in [4.78, 5) is 13.1. The molecule has 0 saturated carbocycles.